The summed E-state index contributed by atoms with van der Waals surface area (Å²) in [6.07, 6.45) is 16.6. The van der Waals surface area contributed by atoms with Crippen molar-refractivity contribution in [2.24, 2.45) is 5.41 Å². The molecule has 0 spiro atoms. The summed E-state index contributed by atoms with van der Waals surface area (Å²) in [6, 6.07) is 0. The van der Waals surface area contributed by atoms with Crippen molar-refractivity contribution in [1.29, 1.82) is 0 Å². The van der Waals surface area contributed by atoms with E-state index in [1.165, 1.54) is 36.0 Å². The van der Waals surface area contributed by atoms with Crippen LogP contribution in [-0.2, 0) is 4.79 Å². The van der Waals surface area contributed by atoms with Gasteiger partial charge in [-0.25, -0.2) is 0 Å². The fraction of sp³-hybridized carbons (Fsp3) is 0.450. The average Bonchev–Trinajstić information content (AvgIpc) is 2.37. The van der Waals surface area contributed by atoms with Crippen LogP contribution in [0.15, 0.2) is 58.7 Å². The Morgan fingerprint density at radius 1 is 1.10 bits per heavy atom. The summed E-state index contributed by atoms with van der Waals surface area (Å²) in [5, 5.41) is 0. The summed E-state index contributed by atoms with van der Waals surface area (Å²) in [7, 11) is 0. The van der Waals surface area contributed by atoms with Crippen LogP contribution >= 0.6 is 0 Å². The van der Waals surface area contributed by atoms with Crippen molar-refractivity contribution in [1.82, 2.24) is 0 Å². The van der Waals surface area contributed by atoms with Crippen molar-refractivity contribution in [2.45, 2.75) is 53.9 Å². The third-order valence-electron chi connectivity index (χ3n) is 4.10. The molecule has 0 heterocycles. The summed E-state index contributed by atoms with van der Waals surface area (Å²) in [5.41, 5.74) is 5.48. The molecule has 1 aliphatic carbocycles. The maximum atomic E-state index is 10.3. The fourth-order valence-electron chi connectivity index (χ4n) is 2.80. The van der Waals surface area contributed by atoms with E-state index in [0.717, 1.165) is 11.9 Å². The average molecular weight is 284 g/mol. The Hall–Kier alpha value is -1.63. The standard InChI is InChI=1S/C20H28O/c1-16(8-6-9-17(2)13-15-21)11-12-19-18(3)10-7-14-20(19,4)5/h6,8-9,11-13,15H,7,10,14H2,1-5H3/b9-6-,12-11+,16-8-,17-13+. The van der Waals surface area contributed by atoms with E-state index in [4.69, 9.17) is 0 Å². The summed E-state index contributed by atoms with van der Waals surface area (Å²) >= 11 is 0. The molecule has 0 amide bonds. The number of rotatable bonds is 5. The van der Waals surface area contributed by atoms with Crippen LogP contribution in [-0.4, -0.2) is 6.29 Å². The minimum absolute atomic E-state index is 0.290. The van der Waals surface area contributed by atoms with Gasteiger partial charge in [-0.15, -0.1) is 0 Å². The summed E-state index contributed by atoms with van der Waals surface area (Å²) < 4.78 is 0. The van der Waals surface area contributed by atoms with Gasteiger partial charge in [-0.2, -0.15) is 0 Å². The van der Waals surface area contributed by atoms with Crippen LogP contribution in [0.2, 0.25) is 0 Å². The molecule has 0 radical (unpaired) electrons. The van der Waals surface area contributed by atoms with Crippen LogP contribution in [0.25, 0.3) is 0 Å². The van der Waals surface area contributed by atoms with Crippen molar-refractivity contribution in [3.05, 3.63) is 58.7 Å². The highest BCUT2D eigenvalue weighted by molar-refractivity contribution is 5.66. The van der Waals surface area contributed by atoms with Gasteiger partial charge >= 0.3 is 0 Å². The van der Waals surface area contributed by atoms with E-state index in [9.17, 15) is 4.79 Å². The molecule has 0 fully saturated rings. The van der Waals surface area contributed by atoms with E-state index in [2.05, 4.69) is 45.9 Å². The largest absolute Gasteiger partial charge is 0.299 e. The number of aldehydes is 1. The first kappa shape index (κ1) is 17.4. The molecule has 21 heavy (non-hydrogen) atoms. The van der Waals surface area contributed by atoms with E-state index in [1.54, 1.807) is 6.08 Å². The lowest BCUT2D eigenvalue weighted by Crippen LogP contribution is -2.19. The predicted octanol–water partition coefficient (Wildman–Crippen LogP) is 5.72. The highest BCUT2D eigenvalue weighted by atomic mass is 16.1. The molecule has 0 aromatic rings. The number of carbonyl (C=O) groups is 1. The van der Waals surface area contributed by atoms with Crippen molar-refractivity contribution in [3.63, 3.8) is 0 Å². The van der Waals surface area contributed by atoms with Crippen molar-refractivity contribution >= 4 is 6.29 Å². The lowest BCUT2D eigenvalue weighted by Gasteiger charge is -2.32. The van der Waals surface area contributed by atoms with Gasteiger partial charge in [0, 0.05) is 0 Å². The summed E-state index contributed by atoms with van der Waals surface area (Å²) in [6.45, 7) is 10.9. The smallest absolute Gasteiger partial charge is 0.143 e. The van der Waals surface area contributed by atoms with Crippen LogP contribution in [0.1, 0.15) is 53.9 Å². The van der Waals surface area contributed by atoms with Crippen LogP contribution in [0.5, 0.6) is 0 Å². The second kappa shape index (κ2) is 7.97. The Balaban J connectivity index is 2.80. The van der Waals surface area contributed by atoms with Crippen molar-refractivity contribution < 1.29 is 4.79 Å². The number of hydrogen-bond acceptors (Lipinski definition) is 1. The first-order valence-electron chi connectivity index (χ1n) is 7.72. The molecule has 0 saturated heterocycles. The predicted molar refractivity (Wildman–Crippen MR) is 92.2 cm³/mol. The van der Waals surface area contributed by atoms with Gasteiger partial charge in [-0.3, -0.25) is 4.79 Å². The van der Waals surface area contributed by atoms with Gasteiger partial charge in [0.1, 0.15) is 6.29 Å². The van der Waals surface area contributed by atoms with E-state index in [1.807, 2.05) is 19.1 Å². The van der Waals surface area contributed by atoms with Gasteiger partial charge in [0.25, 0.3) is 0 Å². The van der Waals surface area contributed by atoms with Crippen LogP contribution in [0.4, 0.5) is 0 Å². The van der Waals surface area contributed by atoms with Crippen LogP contribution in [0.3, 0.4) is 0 Å². The van der Waals surface area contributed by atoms with Crippen LogP contribution < -0.4 is 0 Å². The second-order valence-corrected chi connectivity index (χ2v) is 6.58. The highest BCUT2D eigenvalue weighted by Gasteiger charge is 2.26. The summed E-state index contributed by atoms with van der Waals surface area (Å²) in [4.78, 5) is 10.3. The minimum Gasteiger partial charge on any atom is -0.299 e. The molecule has 0 unspecified atom stereocenters. The zero-order valence-corrected chi connectivity index (χ0v) is 14.1. The molecule has 1 nitrogen and oxygen atoms in total. The number of carbonyl (C=O) groups excluding carboxylic acids is 1. The molecule has 114 valence electrons. The molecule has 0 saturated carbocycles. The van der Waals surface area contributed by atoms with Gasteiger partial charge in [0.15, 0.2) is 0 Å². The van der Waals surface area contributed by atoms with Gasteiger partial charge in [0.2, 0.25) is 0 Å². The molecule has 0 bridgehead atoms. The topological polar surface area (TPSA) is 17.1 Å². The van der Waals surface area contributed by atoms with Crippen molar-refractivity contribution in [2.75, 3.05) is 0 Å². The molecule has 0 aromatic carbocycles. The minimum atomic E-state index is 0.290. The zero-order chi connectivity index (χ0) is 15.9. The molecule has 1 heteroatoms. The molecule has 0 aliphatic heterocycles. The fourth-order valence-corrected chi connectivity index (χ4v) is 2.80. The van der Waals surface area contributed by atoms with Crippen LogP contribution in [0, 0.1) is 5.41 Å². The number of hydrogen-bond donors (Lipinski definition) is 0. The molecular formula is C20H28O. The van der Waals surface area contributed by atoms with E-state index in [0.29, 0.717) is 0 Å². The molecule has 1 rings (SSSR count). The lowest BCUT2D eigenvalue weighted by atomic mass is 9.72. The van der Waals surface area contributed by atoms with Gasteiger partial charge < -0.3 is 0 Å². The molecule has 0 aromatic heterocycles. The number of allylic oxidation sites excluding steroid dienone is 10. The maximum absolute atomic E-state index is 10.3. The van der Waals surface area contributed by atoms with E-state index >= 15 is 0 Å². The lowest BCUT2D eigenvalue weighted by molar-refractivity contribution is -0.104. The molecule has 1 aliphatic rings. The zero-order valence-electron chi connectivity index (χ0n) is 14.1. The third kappa shape index (κ3) is 5.71. The molecular weight excluding hydrogens is 256 g/mol. The highest BCUT2D eigenvalue weighted by Crippen LogP contribution is 2.40. The third-order valence-corrected chi connectivity index (χ3v) is 4.10. The van der Waals surface area contributed by atoms with Crippen molar-refractivity contribution in [3.8, 4) is 0 Å². The monoisotopic (exact) mass is 284 g/mol. The first-order chi connectivity index (χ1) is 9.86. The molecule has 0 N–H and O–H groups in total. The normalized spacial score (nSPS) is 20.6. The van der Waals surface area contributed by atoms with Gasteiger partial charge in [0.05, 0.1) is 0 Å². The maximum Gasteiger partial charge on any atom is 0.143 e. The SMILES string of the molecule is CC1=C(/C=C/C(C)=C\C=C/C(C)=C/C=O)C(C)(C)CCC1. The Labute approximate surface area is 129 Å². The van der Waals surface area contributed by atoms with Gasteiger partial charge in [-0.1, -0.05) is 55.4 Å². The Bertz CT molecular complexity index is 522. The summed E-state index contributed by atoms with van der Waals surface area (Å²) in [5.74, 6) is 0. The second-order valence-electron chi connectivity index (χ2n) is 6.58. The molecule has 0 atom stereocenters. The van der Waals surface area contributed by atoms with E-state index in [-0.39, 0.29) is 5.41 Å². The Kier molecular flexibility index (Phi) is 6.61. The van der Waals surface area contributed by atoms with Gasteiger partial charge in [-0.05, 0) is 62.7 Å². The Morgan fingerprint density at radius 2 is 1.76 bits per heavy atom. The Morgan fingerprint density at radius 3 is 2.38 bits per heavy atom. The quantitative estimate of drug-likeness (QED) is 0.358. The first-order valence-corrected chi connectivity index (χ1v) is 7.72. The van der Waals surface area contributed by atoms with E-state index < -0.39 is 0 Å².